The number of carbonyl (C=O) groups is 4. The fraction of sp³-hybridized carbons (Fsp3) is 0.273. The molecule has 3 amide bonds. The third-order valence-electron chi connectivity index (χ3n) is 5.06. The number of methoxy groups -OCH3 is 1. The highest BCUT2D eigenvalue weighted by Gasteiger charge is 2.47. The van der Waals surface area contributed by atoms with Crippen LogP contribution in [0.4, 0.5) is 5.69 Å². The molecule has 3 rings (SSSR count). The molecule has 0 aromatic heterocycles. The average molecular weight is 948 g/mol. The van der Waals surface area contributed by atoms with Gasteiger partial charge in [0.15, 0.2) is 6.61 Å². The molecule has 2 aromatic carbocycles. The average Bonchev–Trinajstić information content (AvgIpc) is 3.05. The van der Waals surface area contributed by atoms with Gasteiger partial charge in [-0.3, -0.25) is 19.3 Å². The fourth-order valence-corrected chi connectivity index (χ4v) is 7.30. The van der Waals surface area contributed by atoms with Crippen molar-refractivity contribution in [3.8, 4) is 5.75 Å². The smallest absolute Gasteiger partial charge is 0.330 e. The number of fused-ring (bicyclic) bond motifs is 1. The summed E-state index contributed by atoms with van der Waals surface area (Å²) in [7, 11) is 1.44. The van der Waals surface area contributed by atoms with Crippen molar-refractivity contribution in [1.82, 2.24) is 4.90 Å². The SMILES string of the molecule is COc1ccc(Cl)cc1NC(=O)COC(=O)[C@H](C(C)C)N1C(=O)c2c(I)c(I)c(I)c(I)c2C1=O. The van der Waals surface area contributed by atoms with Crippen molar-refractivity contribution < 1.29 is 28.7 Å². The number of amides is 3. The van der Waals surface area contributed by atoms with Gasteiger partial charge < -0.3 is 14.8 Å². The number of benzene rings is 2. The van der Waals surface area contributed by atoms with E-state index in [0.29, 0.717) is 23.6 Å². The van der Waals surface area contributed by atoms with Crippen LogP contribution in [-0.4, -0.2) is 48.3 Å². The molecule has 1 aliphatic heterocycles. The van der Waals surface area contributed by atoms with Gasteiger partial charge in [-0.1, -0.05) is 25.4 Å². The molecule has 0 saturated heterocycles. The number of nitrogens with zero attached hydrogens (tertiary/aromatic N) is 1. The van der Waals surface area contributed by atoms with Gasteiger partial charge in [0.25, 0.3) is 17.7 Å². The van der Waals surface area contributed by atoms with Crippen LogP contribution in [0.5, 0.6) is 5.75 Å². The van der Waals surface area contributed by atoms with Crippen LogP contribution >= 0.6 is 102 Å². The fourth-order valence-electron chi connectivity index (χ4n) is 3.48. The Morgan fingerprint density at radius 2 is 1.54 bits per heavy atom. The van der Waals surface area contributed by atoms with Crippen molar-refractivity contribution in [2.75, 3.05) is 19.0 Å². The molecule has 8 nitrogen and oxygen atoms in total. The highest BCUT2D eigenvalue weighted by molar-refractivity contribution is 14.1. The van der Waals surface area contributed by atoms with E-state index in [2.05, 4.69) is 50.5 Å². The number of hydrogen-bond acceptors (Lipinski definition) is 6. The van der Waals surface area contributed by atoms with Crippen LogP contribution < -0.4 is 10.1 Å². The third kappa shape index (κ3) is 5.84. The maximum absolute atomic E-state index is 13.4. The lowest BCUT2D eigenvalue weighted by molar-refractivity contribution is -0.152. The second kappa shape index (κ2) is 11.9. The molecule has 0 saturated carbocycles. The summed E-state index contributed by atoms with van der Waals surface area (Å²) in [5, 5.41) is 2.96. The number of halogens is 5. The number of nitrogens with one attached hydrogen (secondary N) is 1. The minimum atomic E-state index is -1.20. The lowest BCUT2D eigenvalue weighted by Crippen LogP contribution is -2.49. The Kier molecular flexibility index (Phi) is 9.92. The number of hydrogen-bond donors (Lipinski definition) is 1. The second-order valence-electron chi connectivity index (χ2n) is 7.68. The van der Waals surface area contributed by atoms with Gasteiger partial charge in [0.05, 0.1) is 23.9 Å². The molecular weight excluding hydrogens is 931 g/mol. The summed E-state index contributed by atoms with van der Waals surface area (Å²) in [6.45, 7) is 2.79. The monoisotopic (exact) mass is 948 g/mol. The minimum Gasteiger partial charge on any atom is -0.495 e. The van der Waals surface area contributed by atoms with Gasteiger partial charge in [0.1, 0.15) is 11.8 Å². The molecule has 0 bridgehead atoms. The zero-order valence-corrected chi connectivity index (χ0v) is 27.8. The summed E-state index contributed by atoms with van der Waals surface area (Å²) in [6, 6.07) is 3.50. The molecule has 1 aliphatic rings. The first-order valence-corrected chi connectivity index (χ1v) is 14.6. The molecule has 0 aliphatic carbocycles. The van der Waals surface area contributed by atoms with E-state index in [-0.39, 0.29) is 11.1 Å². The highest BCUT2D eigenvalue weighted by atomic mass is 127. The van der Waals surface area contributed by atoms with E-state index in [1.807, 2.05) is 45.2 Å². The first kappa shape index (κ1) is 29.1. The van der Waals surface area contributed by atoms with Gasteiger partial charge in [-0.05, 0) is 114 Å². The number of carbonyl (C=O) groups excluding carboxylic acids is 4. The minimum absolute atomic E-state index is 0.286. The van der Waals surface area contributed by atoms with Crippen LogP contribution in [0, 0.1) is 20.2 Å². The van der Waals surface area contributed by atoms with Gasteiger partial charge >= 0.3 is 5.97 Å². The summed E-state index contributed by atoms with van der Waals surface area (Å²) >= 11 is 14.3. The first-order chi connectivity index (χ1) is 16.4. The van der Waals surface area contributed by atoms with Crippen molar-refractivity contribution in [2.24, 2.45) is 5.92 Å². The predicted molar refractivity (Wildman–Crippen MR) is 164 cm³/mol. The van der Waals surface area contributed by atoms with Crippen molar-refractivity contribution in [3.05, 3.63) is 48.6 Å². The van der Waals surface area contributed by atoms with Gasteiger partial charge in [0.2, 0.25) is 0 Å². The molecule has 1 atom stereocenters. The number of anilines is 1. The maximum Gasteiger partial charge on any atom is 0.330 e. The topological polar surface area (TPSA) is 102 Å². The van der Waals surface area contributed by atoms with Gasteiger partial charge in [0, 0.05) is 19.3 Å². The Bertz CT molecular complexity index is 1210. The van der Waals surface area contributed by atoms with Gasteiger partial charge in [-0.25, -0.2) is 4.79 Å². The normalized spacial score (nSPS) is 13.7. The highest BCUT2D eigenvalue weighted by Crippen LogP contribution is 2.39. The maximum atomic E-state index is 13.4. The Balaban J connectivity index is 1.81. The molecule has 13 heteroatoms. The summed E-state index contributed by atoms with van der Waals surface area (Å²) in [5.41, 5.74) is 0.887. The van der Waals surface area contributed by atoms with E-state index in [9.17, 15) is 19.2 Å². The Hall–Kier alpha value is -0.470. The van der Waals surface area contributed by atoms with Crippen molar-refractivity contribution in [1.29, 1.82) is 0 Å². The summed E-state index contributed by atoms with van der Waals surface area (Å²) in [4.78, 5) is 53.2. The molecule has 35 heavy (non-hydrogen) atoms. The van der Waals surface area contributed by atoms with E-state index in [4.69, 9.17) is 21.1 Å². The van der Waals surface area contributed by atoms with E-state index < -0.39 is 42.3 Å². The Labute approximate surface area is 261 Å². The summed E-state index contributed by atoms with van der Waals surface area (Å²) < 4.78 is 13.5. The van der Waals surface area contributed by atoms with Crippen LogP contribution in [-0.2, 0) is 14.3 Å². The third-order valence-corrected chi connectivity index (χ3v) is 12.7. The standard InChI is InChI=1S/C22H17ClI4N2O6/c1-8(2)19(22(33)35-7-12(30)28-10-6-9(23)4-5-11(10)34-3)29-20(31)13-14(21(29)32)16(25)18(27)17(26)15(13)24/h4-6,8,19H,7H2,1-3H3,(H,28,30)/t19-/m0/s1. The number of ether oxygens (including phenoxy) is 2. The molecule has 0 unspecified atom stereocenters. The summed E-state index contributed by atoms with van der Waals surface area (Å²) in [6.07, 6.45) is 0. The quantitative estimate of drug-likeness (QED) is 0.128. The lowest BCUT2D eigenvalue weighted by Gasteiger charge is -2.27. The van der Waals surface area contributed by atoms with Crippen LogP contribution in [0.15, 0.2) is 18.2 Å². The number of rotatable bonds is 7. The molecule has 186 valence electrons. The molecular formula is C22H17ClI4N2O6. The lowest BCUT2D eigenvalue weighted by atomic mass is 10.0. The zero-order valence-electron chi connectivity index (χ0n) is 18.4. The van der Waals surface area contributed by atoms with Crippen LogP contribution in [0.2, 0.25) is 5.02 Å². The molecule has 2 aromatic rings. The predicted octanol–water partition coefficient (Wildman–Crippen LogP) is 5.57. The van der Waals surface area contributed by atoms with Crippen LogP contribution in [0.25, 0.3) is 0 Å². The second-order valence-corrected chi connectivity index (χ2v) is 12.4. The van der Waals surface area contributed by atoms with Crippen molar-refractivity contribution >= 4 is 131 Å². The number of esters is 1. The molecule has 1 N–H and O–H groups in total. The zero-order chi connectivity index (χ0) is 26.2. The van der Waals surface area contributed by atoms with Crippen LogP contribution in [0.1, 0.15) is 34.6 Å². The Morgan fingerprint density at radius 3 is 2.03 bits per heavy atom. The molecule has 1 heterocycles. The van der Waals surface area contributed by atoms with E-state index in [1.165, 1.54) is 13.2 Å². The summed E-state index contributed by atoms with van der Waals surface area (Å²) in [5.74, 6) is -2.65. The molecule has 0 fully saturated rings. The molecule has 0 radical (unpaired) electrons. The van der Waals surface area contributed by atoms with Crippen molar-refractivity contribution in [2.45, 2.75) is 19.9 Å². The van der Waals surface area contributed by atoms with Crippen molar-refractivity contribution in [3.63, 3.8) is 0 Å². The van der Waals surface area contributed by atoms with Gasteiger partial charge in [-0.15, -0.1) is 0 Å². The van der Waals surface area contributed by atoms with Crippen LogP contribution in [0.3, 0.4) is 0 Å². The molecule has 0 spiro atoms. The first-order valence-electron chi connectivity index (χ1n) is 9.94. The Morgan fingerprint density at radius 1 is 1.00 bits per heavy atom. The largest absolute Gasteiger partial charge is 0.495 e. The number of imide groups is 1. The van der Waals surface area contributed by atoms with E-state index >= 15 is 0 Å². The van der Waals surface area contributed by atoms with E-state index in [1.54, 1.807) is 26.0 Å². The van der Waals surface area contributed by atoms with E-state index in [0.717, 1.165) is 12.0 Å². The van der Waals surface area contributed by atoms with Gasteiger partial charge in [-0.2, -0.15) is 0 Å².